The molecule has 0 heterocycles. The lowest BCUT2D eigenvalue weighted by atomic mass is 10.1. The number of ether oxygens (including phenoxy) is 1. The van der Waals surface area contributed by atoms with Gasteiger partial charge in [0.2, 0.25) is 0 Å². The number of halogens is 1. The minimum Gasteiger partial charge on any atom is -0.488 e. The van der Waals surface area contributed by atoms with E-state index in [1.165, 1.54) is 0 Å². The van der Waals surface area contributed by atoms with Crippen LogP contribution in [0.4, 0.5) is 0 Å². The molecule has 0 amide bonds. The summed E-state index contributed by atoms with van der Waals surface area (Å²) >= 11 is 0. The van der Waals surface area contributed by atoms with E-state index in [2.05, 4.69) is 0 Å². The molecule has 0 aliphatic heterocycles. The first-order valence-electron chi connectivity index (χ1n) is 5.55. The lowest BCUT2D eigenvalue weighted by molar-refractivity contribution is 0.131. The molecular weight excluding hydrogens is 238 g/mol. The van der Waals surface area contributed by atoms with Gasteiger partial charge in [-0.3, -0.25) is 0 Å². The van der Waals surface area contributed by atoms with Crippen LogP contribution in [0, 0.1) is 0 Å². The van der Waals surface area contributed by atoms with Crippen LogP contribution in [0.5, 0.6) is 5.75 Å². The summed E-state index contributed by atoms with van der Waals surface area (Å²) in [5, 5.41) is 8.85. The molecular formula is C13H22ClNO2. The van der Waals surface area contributed by atoms with Gasteiger partial charge in [-0.2, -0.15) is 0 Å². The summed E-state index contributed by atoms with van der Waals surface area (Å²) in [6, 6.07) is 7.65. The molecule has 0 aliphatic rings. The summed E-state index contributed by atoms with van der Waals surface area (Å²) < 4.78 is 5.71. The molecule has 0 aromatic heterocycles. The third-order valence-electron chi connectivity index (χ3n) is 2.08. The third kappa shape index (κ3) is 6.51. The van der Waals surface area contributed by atoms with Gasteiger partial charge in [0.1, 0.15) is 11.4 Å². The van der Waals surface area contributed by atoms with Crippen molar-refractivity contribution in [3.05, 3.63) is 29.8 Å². The Balaban J connectivity index is 0.00000256. The molecule has 0 bridgehead atoms. The van der Waals surface area contributed by atoms with E-state index in [1.54, 1.807) is 0 Å². The zero-order valence-electron chi connectivity index (χ0n) is 10.6. The highest BCUT2D eigenvalue weighted by Gasteiger charge is 2.11. The van der Waals surface area contributed by atoms with E-state index < -0.39 is 0 Å². The molecule has 0 saturated heterocycles. The smallest absolute Gasteiger partial charge is 0.120 e. The molecule has 0 saturated carbocycles. The van der Waals surface area contributed by atoms with Crippen molar-refractivity contribution in [1.82, 2.24) is 0 Å². The lowest BCUT2D eigenvalue weighted by Gasteiger charge is -2.21. The van der Waals surface area contributed by atoms with Crippen LogP contribution < -0.4 is 10.5 Å². The van der Waals surface area contributed by atoms with E-state index in [0.717, 1.165) is 11.3 Å². The van der Waals surface area contributed by atoms with Gasteiger partial charge in [-0.15, -0.1) is 12.4 Å². The van der Waals surface area contributed by atoms with E-state index in [-0.39, 0.29) is 30.7 Å². The standard InChI is InChI=1S/C13H21NO2.ClH/c1-13(2,3)16-12-6-4-10(5-7-12)8-11(14)9-15;/h4-7,11,15H,8-9,14H2,1-3H3;1H. The maximum absolute atomic E-state index is 8.85. The van der Waals surface area contributed by atoms with Crippen molar-refractivity contribution in [3.8, 4) is 5.75 Å². The Morgan fingerprint density at radius 1 is 1.24 bits per heavy atom. The Bertz CT molecular complexity index is 319. The molecule has 1 aromatic carbocycles. The molecule has 1 unspecified atom stereocenters. The minimum atomic E-state index is -0.186. The fourth-order valence-electron chi connectivity index (χ4n) is 1.41. The van der Waals surface area contributed by atoms with Crippen LogP contribution in [0.2, 0.25) is 0 Å². The average Bonchev–Trinajstić information content (AvgIpc) is 2.18. The molecule has 0 radical (unpaired) electrons. The van der Waals surface area contributed by atoms with Crippen LogP contribution in [-0.4, -0.2) is 23.4 Å². The first-order valence-corrected chi connectivity index (χ1v) is 5.55. The molecule has 0 spiro atoms. The Morgan fingerprint density at radius 2 is 1.76 bits per heavy atom. The zero-order chi connectivity index (χ0) is 12.2. The molecule has 1 rings (SSSR count). The summed E-state index contributed by atoms with van der Waals surface area (Å²) in [4.78, 5) is 0. The fraction of sp³-hybridized carbons (Fsp3) is 0.538. The van der Waals surface area contributed by atoms with Crippen molar-refractivity contribution in [2.75, 3.05) is 6.61 Å². The Morgan fingerprint density at radius 3 is 2.18 bits per heavy atom. The van der Waals surface area contributed by atoms with Crippen molar-refractivity contribution >= 4 is 12.4 Å². The average molecular weight is 260 g/mol. The van der Waals surface area contributed by atoms with Crippen molar-refractivity contribution in [2.24, 2.45) is 5.73 Å². The Hall–Kier alpha value is -0.770. The SMILES string of the molecule is CC(C)(C)Oc1ccc(CC(N)CO)cc1.Cl. The molecule has 0 fully saturated rings. The van der Waals surface area contributed by atoms with Gasteiger partial charge in [0.25, 0.3) is 0 Å². The van der Waals surface area contributed by atoms with Gasteiger partial charge >= 0.3 is 0 Å². The number of hydrogen-bond donors (Lipinski definition) is 2. The van der Waals surface area contributed by atoms with Gasteiger partial charge in [0.15, 0.2) is 0 Å². The molecule has 98 valence electrons. The highest BCUT2D eigenvalue weighted by molar-refractivity contribution is 5.85. The first kappa shape index (κ1) is 16.2. The monoisotopic (exact) mass is 259 g/mol. The second kappa shape index (κ2) is 6.84. The van der Waals surface area contributed by atoms with Gasteiger partial charge in [-0.25, -0.2) is 0 Å². The molecule has 0 aliphatic carbocycles. The summed E-state index contributed by atoms with van der Waals surface area (Å²) in [5.41, 5.74) is 6.60. The highest BCUT2D eigenvalue weighted by Crippen LogP contribution is 2.18. The number of benzene rings is 1. The predicted molar refractivity (Wildman–Crippen MR) is 72.8 cm³/mol. The van der Waals surface area contributed by atoms with Gasteiger partial charge in [0, 0.05) is 6.04 Å². The van der Waals surface area contributed by atoms with Crippen molar-refractivity contribution in [2.45, 2.75) is 38.8 Å². The molecule has 1 atom stereocenters. The first-order chi connectivity index (χ1) is 7.40. The molecule has 1 aromatic rings. The van der Waals surface area contributed by atoms with Gasteiger partial charge in [-0.1, -0.05) is 12.1 Å². The van der Waals surface area contributed by atoms with Crippen molar-refractivity contribution in [1.29, 1.82) is 0 Å². The summed E-state index contributed by atoms with van der Waals surface area (Å²) in [6.07, 6.45) is 0.687. The topological polar surface area (TPSA) is 55.5 Å². The van der Waals surface area contributed by atoms with Crippen LogP contribution in [0.1, 0.15) is 26.3 Å². The van der Waals surface area contributed by atoms with Crippen molar-refractivity contribution < 1.29 is 9.84 Å². The summed E-state index contributed by atoms with van der Waals surface area (Å²) in [6.45, 7) is 6.06. The second-order valence-electron chi connectivity index (χ2n) is 5.01. The highest BCUT2D eigenvalue weighted by atomic mass is 35.5. The van der Waals surface area contributed by atoms with Gasteiger partial charge in [-0.05, 0) is 44.9 Å². The largest absolute Gasteiger partial charge is 0.488 e. The predicted octanol–water partition coefficient (Wildman–Crippen LogP) is 2.15. The fourth-order valence-corrected chi connectivity index (χ4v) is 1.41. The maximum atomic E-state index is 8.85. The molecule has 3 N–H and O–H groups in total. The van der Waals surface area contributed by atoms with E-state index in [9.17, 15) is 0 Å². The Kier molecular flexibility index (Phi) is 6.53. The van der Waals surface area contributed by atoms with Crippen LogP contribution in [0.25, 0.3) is 0 Å². The van der Waals surface area contributed by atoms with Crippen LogP contribution in [0.15, 0.2) is 24.3 Å². The minimum absolute atomic E-state index is 0. The maximum Gasteiger partial charge on any atom is 0.120 e. The van der Waals surface area contributed by atoms with E-state index >= 15 is 0 Å². The third-order valence-corrected chi connectivity index (χ3v) is 2.08. The van der Waals surface area contributed by atoms with E-state index in [4.69, 9.17) is 15.6 Å². The number of aliphatic hydroxyl groups excluding tert-OH is 1. The van der Waals surface area contributed by atoms with Crippen LogP contribution >= 0.6 is 12.4 Å². The number of nitrogens with two attached hydrogens (primary N) is 1. The van der Waals surface area contributed by atoms with Crippen molar-refractivity contribution in [3.63, 3.8) is 0 Å². The molecule has 3 nitrogen and oxygen atoms in total. The van der Waals surface area contributed by atoms with E-state index in [0.29, 0.717) is 6.42 Å². The van der Waals surface area contributed by atoms with Crippen LogP contribution in [0.3, 0.4) is 0 Å². The summed E-state index contributed by atoms with van der Waals surface area (Å²) in [7, 11) is 0. The zero-order valence-corrected chi connectivity index (χ0v) is 11.5. The van der Waals surface area contributed by atoms with Crippen LogP contribution in [-0.2, 0) is 6.42 Å². The number of hydrogen-bond acceptors (Lipinski definition) is 3. The normalized spacial score (nSPS) is 12.8. The number of rotatable bonds is 4. The Labute approximate surface area is 109 Å². The molecule has 17 heavy (non-hydrogen) atoms. The lowest BCUT2D eigenvalue weighted by Crippen LogP contribution is -2.26. The molecule has 4 heteroatoms. The van der Waals surface area contributed by atoms with E-state index in [1.807, 2.05) is 45.0 Å². The quantitative estimate of drug-likeness (QED) is 0.871. The number of aliphatic hydroxyl groups is 1. The second-order valence-corrected chi connectivity index (χ2v) is 5.01. The van der Waals surface area contributed by atoms with Gasteiger partial charge in [0.05, 0.1) is 6.61 Å². The van der Waals surface area contributed by atoms with Gasteiger partial charge < -0.3 is 15.6 Å². The summed E-state index contributed by atoms with van der Waals surface area (Å²) in [5.74, 6) is 0.855.